The molecule has 0 saturated heterocycles. The average molecular weight is 361 g/mol. The molecule has 0 aliphatic heterocycles. The Morgan fingerprint density at radius 1 is 1.27 bits per heavy atom. The third kappa shape index (κ3) is 2.94. The van der Waals surface area contributed by atoms with Crippen molar-refractivity contribution in [1.82, 2.24) is 25.3 Å². The number of anilines is 2. The van der Waals surface area contributed by atoms with Gasteiger partial charge in [-0.3, -0.25) is 4.79 Å². The number of nitrogens with one attached hydrogen (secondary N) is 1. The second-order valence-electron chi connectivity index (χ2n) is 4.95. The molecule has 12 heteroatoms. The Bertz CT molecular complexity index is 1020. The van der Waals surface area contributed by atoms with Gasteiger partial charge >= 0.3 is 5.97 Å². The lowest BCUT2D eigenvalue weighted by Crippen LogP contribution is -2.19. The van der Waals surface area contributed by atoms with Gasteiger partial charge in [-0.1, -0.05) is 0 Å². The number of ether oxygens (including phenoxy) is 2. The molecule has 0 saturated carbocycles. The van der Waals surface area contributed by atoms with Crippen LogP contribution in [0.4, 0.5) is 15.8 Å². The summed E-state index contributed by atoms with van der Waals surface area (Å²) in [6.07, 6.45) is 0. The van der Waals surface area contributed by atoms with Crippen LogP contribution in [0.1, 0.15) is 20.8 Å². The number of nitrogens with zero attached hydrogens (tertiary/aromatic N) is 5. The van der Waals surface area contributed by atoms with Crippen LogP contribution in [0.2, 0.25) is 0 Å². The number of hydrogen-bond acceptors (Lipinski definition) is 9. The van der Waals surface area contributed by atoms with Gasteiger partial charge in [0.2, 0.25) is 5.65 Å². The van der Waals surface area contributed by atoms with Crippen LogP contribution < -0.4 is 15.8 Å². The zero-order valence-electron chi connectivity index (χ0n) is 13.6. The van der Waals surface area contributed by atoms with E-state index in [1.54, 1.807) is 0 Å². The van der Waals surface area contributed by atoms with Gasteiger partial charge in [0.1, 0.15) is 0 Å². The Labute approximate surface area is 144 Å². The Morgan fingerprint density at radius 3 is 2.73 bits per heavy atom. The molecule has 2 heterocycles. The van der Waals surface area contributed by atoms with Gasteiger partial charge in [0.15, 0.2) is 17.3 Å². The second kappa shape index (κ2) is 6.58. The first-order valence-corrected chi connectivity index (χ1v) is 7.06. The van der Waals surface area contributed by atoms with Crippen LogP contribution in [0.25, 0.3) is 5.65 Å². The first-order chi connectivity index (χ1) is 12.4. The van der Waals surface area contributed by atoms with Crippen LogP contribution in [0, 0.1) is 5.82 Å². The van der Waals surface area contributed by atoms with Crippen molar-refractivity contribution in [3.05, 3.63) is 35.3 Å². The van der Waals surface area contributed by atoms with Crippen molar-refractivity contribution in [3.63, 3.8) is 0 Å². The third-order valence-electron chi connectivity index (χ3n) is 3.38. The summed E-state index contributed by atoms with van der Waals surface area (Å²) in [6, 6.07) is 3.31. The lowest BCUT2D eigenvalue weighted by atomic mass is 10.1. The van der Waals surface area contributed by atoms with Crippen LogP contribution in [-0.4, -0.2) is 51.4 Å². The number of esters is 1. The topological polar surface area (TPSA) is 147 Å². The fraction of sp³-hybridized carbons (Fsp3) is 0.143. The van der Waals surface area contributed by atoms with Crippen molar-refractivity contribution in [2.24, 2.45) is 0 Å². The second-order valence-corrected chi connectivity index (χ2v) is 4.95. The minimum Gasteiger partial charge on any atom is -0.494 e. The number of amides is 1. The molecule has 0 atom stereocenters. The summed E-state index contributed by atoms with van der Waals surface area (Å²) < 4.78 is 24.3. The lowest BCUT2D eigenvalue weighted by Gasteiger charge is -2.12. The number of carbonyl (C=O) groups excluding carboxylic acids is 2. The van der Waals surface area contributed by atoms with E-state index in [1.807, 2.05) is 0 Å². The molecular weight excluding hydrogens is 349 g/mol. The Hall–Kier alpha value is -3.83. The summed E-state index contributed by atoms with van der Waals surface area (Å²) in [6.45, 7) is 0. The normalized spacial score (nSPS) is 10.6. The highest BCUT2D eigenvalue weighted by Gasteiger charge is 2.20. The molecule has 1 amide bonds. The fourth-order valence-electron chi connectivity index (χ4n) is 2.16. The summed E-state index contributed by atoms with van der Waals surface area (Å²) in [5.74, 6) is -2.53. The molecule has 11 nitrogen and oxygen atoms in total. The number of rotatable bonds is 4. The SMILES string of the molecule is COC(=O)c1cc(F)c(OC)cc1NC(=O)c1cc(N)c2nnnn2n1. The molecule has 0 fully saturated rings. The highest BCUT2D eigenvalue weighted by atomic mass is 19.1. The molecule has 3 N–H and O–H groups in total. The van der Waals surface area contributed by atoms with Gasteiger partial charge in [0, 0.05) is 6.07 Å². The predicted octanol–water partition coefficient (Wildman–Crippen LogP) is 0.288. The molecule has 2 aromatic heterocycles. The van der Waals surface area contributed by atoms with Gasteiger partial charge in [-0.05, 0) is 22.6 Å². The van der Waals surface area contributed by atoms with Crippen molar-refractivity contribution in [2.75, 3.05) is 25.3 Å². The Kier molecular flexibility index (Phi) is 4.31. The molecule has 134 valence electrons. The number of hydrogen-bond donors (Lipinski definition) is 2. The van der Waals surface area contributed by atoms with Crippen LogP contribution in [-0.2, 0) is 4.74 Å². The average Bonchev–Trinajstić information content (AvgIpc) is 3.11. The fourth-order valence-corrected chi connectivity index (χ4v) is 2.16. The number of nitrogen functional groups attached to an aromatic ring is 1. The zero-order valence-corrected chi connectivity index (χ0v) is 13.6. The maximum Gasteiger partial charge on any atom is 0.340 e. The van der Waals surface area contributed by atoms with E-state index in [9.17, 15) is 14.0 Å². The molecule has 0 aliphatic carbocycles. The van der Waals surface area contributed by atoms with Crippen molar-refractivity contribution < 1.29 is 23.5 Å². The number of carbonyl (C=O) groups is 2. The van der Waals surface area contributed by atoms with Gasteiger partial charge in [-0.25, -0.2) is 9.18 Å². The minimum absolute atomic E-state index is 0.0303. The van der Waals surface area contributed by atoms with Gasteiger partial charge in [-0.15, -0.1) is 14.8 Å². The van der Waals surface area contributed by atoms with Crippen LogP contribution in [0.5, 0.6) is 5.75 Å². The summed E-state index contributed by atoms with van der Waals surface area (Å²) in [5, 5.41) is 17.0. The molecule has 0 unspecified atom stereocenters. The highest BCUT2D eigenvalue weighted by Crippen LogP contribution is 2.27. The van der Waals surface area contributed by atoms with Gasteiger partial charge < -0.3 is 20.5 Å². The summed E-state index contributed by atoms with van der Waals surface area (Å²) in [7, 11) is 2.37. The molecule has 1 aromatic carbocycles. The van der Waals surface area contributed by atoms with E-state index < -0.39 is 17.7 Å². The van der Waals surface area contributed by atoms with E-state index in [-0.39, 0.29) is 34.0 Å². The van der Waals surface area contributed by atoms with Crippen molar-refractivity contribution in [3.8, 4) is 5.75 Å². The standard InChI is InChI=1S/C14H12FN7O4/c1-25-11-5-9(6(3-7(11)15)14(24)26-2)17-13(23)10-4-8(16)12-18-20-21-22(12)19-10/h3-5H,16H2,1-2H3,(H,17,23). The summed E-state index contributed by atoms with van der Waals surface area (Å²) in [4.78, 5) is 24.3. The maximum absolute atomic E-state index is 13.9. The molecule has 26 heavy (non-hydrogen) atoms. The van der Waals surface area contributed by atoms with E-state index >= 15 is 0 Å². The predicted molar refractivity (Wildman–Crippen MR) is 85.2 cm³/mol. The number of methoxy groups -OCH3 is 2. The first kappa shape index (κ1) is 17.0. The number of benzene rings is 1. The van der Waals surface area contributed by atoms with E-state index in [1.165, 1.54) is 13.2 Å². The molecular formula is C14H12FN7O4. The first-order valence-electron chi connectivity index (χ1n) is 7.06. The number of fused-ring (bicyclic) bond motifs is 1. The van der Waals surface area contributed by atoms with E-state index in [0.717, 1.165) is 23.9 Å². The van der Waals surface area contributed by atoms with E-state index in [2.05, 4.69) is 30.7 Å². The Balaban J connectivity index is 2.00. The molecule has 0 aliphatic rings. The summed E-state index contributed by atoms with van der Waals surface area (Å²) >= 11 is 0. The van der Waals surface area contributed by atoms with Crippen LogP contribution >= 0.6 is 0 Å². The molecule has 3 aromatic rings. The van der Waals surface area contributed by atoms with Crippen molar-refractivity contribution >= 4 is 28.9 Å². The number of nitrogens with two attached hydrogens (primary N) is 1. The molecule has 0 spiro atoms. The minimum atomic E-state index is -0.842. The maximum atomic E-state index is 13.9. The van der Waals surface area contributed by atoms with Gasteiger partial charge in [0.05, 0.1) is 31.2 Å². The lowest BCUT2D eigenvalue weighted by molar-refractivity contribution is 0.0601. The number of aromatic nitrogens is 5. The van der Waals surface area contributed by atoms with E-state index in [4.69, 9.17) is 10.5 Å². The molecule has 0 radical (unpaired) electrons. The third-order valence-corrected chi connectivity index (χ3v) is 3.38. The largest absolute Gasteiger partial charge is 0.494 e. The zero-order chi connectivity index (χ0) is 18.8. The summed E-state index contributed by atoms with van der Waals surface area (Å²) in [5.41, 5.74) is 5.72. The molecule has 3 rings (SSSR count). The van der Waals surface area contributed by atoms with Crippen molar-refractivity contribution in [1.29, 1.82) is 0 Å². The number of tetrazole rings is 1. The van der Waals surface area contributed by atoms with Gasteiger partial charge in [-0.2, -0.15) is 0 Å². The number of halogens is 1. The smallest absolute Gasteiger partial charge is 0.340 e. The monoisotopic (exact) mass is 361 g/mol. The quantitative estimate of drug-likeness (QED) is 0.626. The van der Waals surface area contributed by atoms with E-state index in [0.29, 0.717) is 0 Å². The van der Waals surface area contributed by atoms with Gasteiger partial charge in [0.25, 0.3) is 5.91 Å². The van der Waals surface area contributed by atoms with Crippen LogP contribution in [0.3, 0.4) is 0 Å². The molecule has 0 bridgehead atoms. The van der Waals surface area contributed by atoms with Crippen LogP contribution in [0.15, 0.2) is 18.2 Å². The Morgan fingerprint density at radius 2 is 2.04 bits per heavy atom. The van der Waals surface area contributed by atoms with Crippen molar-refractivity contribution in [2.45, 2.75) is 0 Å². The highest BCUT2D eigenvalue weighted by molar-refractivity contribution is 6.07.